The number of esters is 1. The second-order valence-electron chi connectivity index (χ2n) is 5.17. The minimum Gasteiger partial charge on any atom is -0.459 e. The van der Waals surface area contributed by atoms with Crippen molar-refractivity contribution < 1.29 is 23.5 Å². The molecule has 0 aliphatic carbocycles. The predicted octanol–water partition coefficient (Wildman–Crippen LogP) is 2.75. The first-order chi connectivity index (χ1) is 11.5. The van der Waals surface area contributed by atoms with E-state index in [-0.39, 0.29) is 12.2 Å². The quantitative estimate of drug-likeness (QED) is 0.630. The van der Waals surface area contributed by atoms with E-state index in [4.69, 9.17) is 16.3 Å². The number of carbonyl (C=O) groups is 3. The molecular formula is C17H11ClFNO4. The molecule has 0 fully saturated rings. The Balaban J connectivity index is 1.69. The van der Waals surface area contributed by atoms with Gasteiger partial charge in [0.2, 0.25) is 0 Å². The van der Waals surface area contributed by atoms with Crippen molar-refractivity contribution in [2.75, 3.05) is 11.4 Å². The molecule has 1 heterocycles. The third-order valence-electron chi connectivity index (χ3n) is 3.51. The van der Waals surface area contributed by atoms with Gasteiger partial charge in [0.25, 0.3) is 11.7 Å². The summed E-state index contributed by atoms with van der Waals surface area (Å²) in [6.45, 7) is -0.533. The fraction of sp³-hybridized carbons (Fsp3) is 0.118. The number of hydrogen-bond donors (Lipinski definition) is 0. The normalized spacial score (nSPS) is 13.2. The highest BCUT2D eigenvalue weighted by Gasteiger charge is 2.37. The van der Waals surface area contributed by atoms with Crippen LogP contribution in [0.15, 0.2) is 42.5 Å². The molecule has 0 spiro atoms. The molecular weight excluding hydrogens is 337 g/mol. The van der Waals surface area contributed by atoms with E-state index < -0.39 is 30.0 Å². The second kappa shape index (κ2) is 6.41. The van der Waals surface area contributed by atoms with Gasteiger partial charge in [0.15, 0.2) is 0 Å². The van der Waals surface area contributed by atoms with Crippen LogP contribution >= 0.6 is 11.6 Å². The summed E-state index contributed by atoms with van der Waals surface area (Å²) in [6, 6.07) is 10.0. The third-order valence-corrected chi connectivity index (χ3v) is 3.74. The second-order valence-corrected chi connectivity index (χ2v) is 5.61. The number of amides is 1. The Bertz CT molecular complexity index is 852. The zero-order chi connectivity index (χ0) is 17.3. The maximum Gasteiger partial charge on any atom is 0.326 e. The molecule has 122 valence electrons. The summed E-state index contributed by atoms with van der Waals surface area (Å²) in [7, 11) is 0. The molecule has 3 rings (SSSR count). The fourth-order valence-corrected chi connectivity index (χ4v) is 2.57. The molecule has 2 aromatic rings. The summed E-state index contributed by atoms with van der Waals surface area (Å²) in [6.07, 6.45) is 0. The molecule has 0 saturated carbocycles. The van der Waals surface area contributed by atoms with Gasteiger partial charge in [0, 0.05) is 5.02 Å². The molecule has 1 amide bonds. The smallest absolute Gasteiger partial charge is 0.326 e. The lowest BCUT2D eigenvalue weighted by atomic mass is 10.1. The molecule has 0 radical (unpaired) electrons. The number of rotatable bonds is 4. The maximum atomic E-state index is 13.1. The number of carbonyl (C=O) groups excluding carboxylic acids is 3. The van der Waals surface area contributed by atoms with Gasteiger partial charge in [-0.25, -0.2) is 4.39 Å². The first kappa shape index (κ1) is 16.1. The van der Waals surface area contributed by atoms with Crippen LogP contribution in [0.4, 0.5) is 10.1 Å². The monoisotopic (exact) mass is 347 g/mol. The SMILES string of the molecule is O=C(CN1C(=O)C(=O)c2cc(Cl)ccc21)OCc1cccc(F)c1. The molecule has 1 aliphatic heterocycles. The zero-order valence-corrected chi connectivity index (χ0v) is 13.0. The van der Waals surface area contributed by atoms with Crippen LogP contribution in [0.2, 0.25) is 5.02 Å². The molecule has 0 aromatic heterocycles. The molecule has 1 aliphatic rings. The van der Waals surface area contributed by atoms with Crippen molar-refractivity contribution in [2.45, 2.75) is 6.61 Å². The van der Waals surface area contributed by atoms with Crippen LogP contribution in [-0.2, 0) is 20.9 Å². The maximum absolute atomic E-state index is 13.1. The minimum atomic E-state index is -0.810. The van der Waals surface area contributed by atoms with Gasteiger partial charge < -0.3 is 4.74 Å². The lowest BCUT2D eigenvalue weighted by molar-refractivity contribution is -0.143. The summed E-state index contributed by atoms with van der Waals surface area (Å²) in [5.41, 5.74) is 0.960. The van der Waals surface area contributed by atoms with E-state index in [1.807, 2.05) is 0 Å². The molecule has 0 saturated heterocycles. The first-order valence-electron chi connectivity index (χ1n) is 7.01. The van der Waals surface area contributed by atoms with Crippen molar-refractivity contribution in [3.63, 3.8) is 0 Å². The van der Waals surface area contributed by atoms with Gasteiger partial charge >= 0.3 is 5.97 Å². The summed E-state index contributed by atoms with van der Waals surface area (Å²) in [5.74, 6) is -2.67. The third kappa shape index (κ3) is 3.14. The number of fused-ring (bicyclic) bond motifs is 1. The molecule has 2 aromatic carbocycles. The Morgan fingerprint density at radius 1 is 1.17 bits per heavy atom. The van der Waals surface area contributed by atoms with Crippen molar-refractivity contribution in [3.8, 4) is 0 Å². The lowest BCUT2D eigenvalue weighted by Gasteiger charge is -2.15. The predicted molar refractivity (Wildman–Crippen MR) is 84.3 cm³/mol. The highest BCUT2D eigenvalue weighted by Crippen LogP contribution is 2.31. The molecule has 24 heavy (non-hydrogen) atoms. The van der Waals surface area contributed by atoms with Crippen LogP contribution in [-0.4, -0.2) is 24.2 Å². The van der Waals surface area contributed by atoms with E-state index in [0.717, 1.165) is 4.90 Å². The summed E-state index contributed by atoms with van der Waals surface area (Å²) in [4.78, 5) is 36.9. The van der Waals surface area contributed by atoms with Crippen molar-refractivity contribution in [1.82, 2.24) is 0 Å². The van der Waals surface area contributed by atoms with Crippen molar-refractivity contribution in [1.29, 1.82) is 0 Å². The van der Waals surface area contributed by atoms with Gasteiger partial charge in [-0.05, 0) is 35.9 Å². The van der Waals surface area contributed by atoms with Crippen molar-refractivity contribution in [2.24, 2.45) is 0 Å². The summed E-state index contributed by atoms with van der Waals surface area (Å²) < 4.78 is 18.1. The van der Waals surface area contributed by atoms with E-state index in [0.29, 0.717) is 16.3 Å². The van der Waals surface area contributed by atoms with Gasteiger partial charge in [0.1, 0.15) is 19.0 Å². The first-order valence-corrected chi connectivity index (χ1v) is 7.39. The molecule has 0 unspecified atom stereocenters. The minimum absolute atomic E-state index is 0.125. The number of Topliss-reactive ketones (excluding diaryl/α,β-unsaturated/α-hetero) is 1. The topological polar surface area (TPSA) is 63.7 Å². The van der Waals surface area contributed by atoms with E-state index >= 15 is 0 Å². The standard InChI is InChI=1S/C17H11ClFNO4/c18-11-4-5-14-13(7-11)16(22)17(23)20(14)8-15(21)24-9-10-2-1-3-12(19)6-10/h1-7H,8-9H2. The highest BCUT2D eigenvalue weighted by molar-refractivity contribution is 6.53. The number of hydrogen-bond acceptors (Lipinski definition) is 4. The Morgan fingerprint density at radius 3 is 2.71 bits per heavy atom. The van der Waals surface area contributed by atoms with Crippen LogP contribution in [0.3, 0.4) is 0 Å². The largest absolute Gasteiger partial charge is 0.459 e. The number of ether oxygens (including phenoxy) is 1. The van der Waals surface area contributed by atoms with Crippen molar-refractivity contribution >= 4 is 34.9 Å². The zero-order valence-electron chi connectivity index (χ0n) is 12.3. The molecule has 5 nitrogen and oxygen atoms in total. The van der Waals surface area contributed by atoms with Gasteiger partial charge in [-0.2, -0.15) is 0 Å². The lowest BCUT2D eigenvalue weighted by Crippen LogP contribution is -2.35. The summed E-state index contributed by atoms with van der Waals surface area (Å²) >= 11 is 5.82. The van der Waals surface area contributed by atoms with Gasteiger partial charge in [-0.3, -0.25) is 19.3 Å². The molecule has 7 heteroatoms. The van der Waals surface area contributed by atoms with Gasteiger partial charge in [-0.15, -0.1) is 0 Å². The number of nitrogens with zero attached hydrogens (tertiary/aromatic N) is 1. The van der Waals surface area contributed by atoms with E-state index in [1.54, 1.807) is 6.07 Å². The summed E-state index contributed by atoms with van der Waals surface area (Å²) in [5, 5.41) is 0.324. The van der Waals surface area contributed by atoms with Gasteiger partial charge in [0.05, 0.1) is 11.3 Å². The Kier molecular flexibility index (Phi) is 4.31. The average molecular weight is 348 g/mol. The van der Waals surface area contributed by atoms with Crippen LogP contribution < -0.4 is 4.90 Å². The van der Waals surface area contributed by atoms with Crippen LogP contribution in [0.25, 0.3) is 0 Å². The Labute approximate surface area is 141 Å². The number of anilines is 1. The van der Waals surface area contributed by atoms with Crippen LogP contribution in [0.1, 0.15) is 15.9 Å². The van der Waals surface area contributed by atoms with E-state index in [1.165, 1.54) is 36.4 Å². The average Bonchev–Trinajstić information content (AvgIpc) is 2.78. The van der Waals surface area contributed by atoms with E-state index in [2.05, 4.69) is 0 Å². The van der Waals surface area contributed by atoms with Crippen molar-refractivity contribution in [3.05, 3.63) is 64.4 Å². The Morgan fingerprint density at radius 2 is 1.96 bits per heavy atom. The fourth-order valence-electron chi connectivity index (χ4n) is 2.39. The van der Waals surface area contributed by atoms with Crippen LogP contribution in [0, 0.1) is 5.82 Å². The Hall–Kier alpha value is -2.73. The molecule has 0 N–H and O–H groups in total. The highest BCUT2D eigenvalue weighted by atomic mass is 35.5. The number of benzene rings is 2. The number of ketones is 1. The molecule has 0 bridgehead atoms. The van der Waals surface area contributed by atoms with Gasteiger partial charge in [-0.1, -0.05) is 23.7 Å². The molecule has 0 atom stereocenters. The number of halogens is 2. The van der Waals surface area contributed by atoms with E-state index in [9.17, 15) is 18.8 Å². The van der Waals surface area contributed by atoms with Crippen LogP contribution in [0.5, 0.6) is 0 Å².